The summed E-state index contributed by atoms with van der Waals surface area (Å²) in [6.07, 6.45) is 6.82. The number of benzene rings is 1. The molecule has 6 rings (SSSR count). The molecule has 13 nitrogen and oxygen atoms in total. The van der Waals surface area contributed by atoms with Gasteiger partial charge in [-0.1, -0.05) is 10.6 Å². The fourth-order valence-electron chi connectivity index (χ4n) is 4.61. The van der Waals surface area contributed by atoms with Gasteiger partial charge in [0.05, 0.1) is 29.5 Å². The number of anilines is 1. The van der Waals surface area contributed by atoms with E-state index in [4.69, 9.17) is 39.8 Å². The summed E-state index contributed by atoms with van der Waals surface area (Å²) in [5, 5.41) is 33.3. The van der Waals surface area contributed by atoms with Crippen LogP contribution in [0.3, 0.4) is 0 Å². The first-order valence-corrected chi connectivity index (χ1v) is 12.6. The number of furan rings is 1. The summed E-state index contributed by atoms with van der Waals surface area (Å²) < 4.78 is 18.8. The minimum atomic E-state index is -0.250. The van der Waals surface area contributed by atoms with Crippen LogP contribution in [0.4, 0.5) is 5.82 Å². The van der Waals surface area contributed by atoms with Gasteiger partial charge in [-0.15, -0.1) is 10.2 Å². The lowest BCUT2D eigenvalue weighted by molar-refractivity contribution is -0.123. The molecule has 1 fully saturated rings. The maximum Gasteiger partial charge on any atom is 0.290 e. The highest BCUT2D eigenvalue weighted by atomic mass is 32.1. The van der Waals surface area contributed by atoms with Crippen LogP contribution in [0.25, 0.3) is 43.6 Å². The van der Waals surface area contributed by atoms with Crippen LogP contribution in [0.15, 0.2) is 41.1 Å². The number of carboxylic acid groups (broad SMARTS) is 2. The minimum absolute atomic E-state index is 0.221. The van der Waals surface area contributed by atoms with Gasteiger partial charge in [0, 0.05) is 28.9 Å². The maximum absolute atomic E-state index is 9.86. The highest BCUT2D eigenvalue weighted by molar-refractivity contribution is 7.13. The van der Waals surface area contributed by atoms with E-state index in [0.29, 0.717) is 23.0 Å². The predicted molar refractivity (Wildman–Crippen MR) is 144 cm³/mol. The molecule has 0 saturated heterocycles. The third kappa shape index (κ3) is 5.66. The van der Waals surface area contributed by atoms with Gasteiger partial charge in [0.2, 0.25) is 5.88 Å². The van der Waals surface area contributed by atoms with E-state index in [0.717, 1.165) is 58.0 Å². The van der Waals surface area contributed by atoms with E-state index >= 15 is 0 Å². The summed E-state index contributed by atoms with van der Waals surface area (Å²) in [5.41, 5.74) is 10.1. The number of aliphatic hydroxyl groups is 1. The first kappa shape index (κ1) is 27.5. The number of fused-ring (bicyclic) bond motifs is 2. The Labute approximate surface area is 225 Å². The van der Waals surface area contributed by atoms with Crippen LogP contribution in [0.1, 0.15) is 31.7 Å². The number of hydrogen-bond acceptors (Lipinski definition) is 11. The van der Waals surface area contributed by atoms with Gasteiger partial charge in [-0.05, 0) is 55.4 Å². The van der Waals surface area contributed by atoms with Crippen molar-refractivity contribution in [3.05, 3.63) is 36.7 Å². The van der Waals surface area contributed by atoms with Crippen molar-refractivity contribution in [1.82, 2.24) is 24.4 Å². The minimum Gasteiger partial charge on any atom is -0.483 e. The summed E-state index contributed by atoms with van der Waals surface area (Å²) in [5.74, 6) is 1.52. The monoisotopic (exact) mass is 554 g/mol. The number of pyridine rings is 1. The molecule has 5 N–H and O–H groups in total. The average Bonchev–Trinajstić information content (AvgIpc) is 3.68. The van der Waals surface area contributed by atoms with Gasteiger partial charge in [0.15, 0.2) is 11.4 Å². The number of nitrogen functional groups attached to an aromatic ring is 1. The molecule has 14 heteroatoms. The standard InChI is InChI=1S/C23H22N6O3S.2CH2O2/c1-31-23-17(11-29(27-23)12-5-7-13(30)8-6-12)16-10-25-22(24)20-15(16)9-19(32-20)14-3-2-4-18-21(14)33-28-26-18;2*2-1-3/h2-4,9-13,30H,5-8H2,1H3,(H2,24,25);2*1H,(H,2,3). The smallest absolute Gasteiger partial charge is 0.290 e. The third-order valence-corrected chi connectivity index (χ3v) is 7.12. The number of rotatable bonds is 4. The molecule has 5 aromatic rings. The molecule has 4 aromatic heterocycles. The summed E-state index contributed by atoms with van der Waals surface area (Å²) in [6, 6.07) is 8.05. The Morgan fingerprint density at radius 3 is 2.54 bits per heavy atom. The molecule has 1 saturated carbocycles. The number of hydrogen-bond donors (Lipinski definition) is 4. The molecule has 204 valence electrons. The predicted octanol–water partition coefficient (Wildman–Crippen LogP) is 3.83. The first-order valence-electron chi connectivity index (χ1n) is 11.8. The second-order valence-electron chi connectivity index (χ2n) is 8.54. The van der Waals surface area contributed by atoms with Crippen LogP contribution in [0, 0.1) is 0 Å². The molecule has 0 bridgehead atoms. The molecular weight excluding hydrogens is 528 g/mol. The fourth-order valence-corrected chi connectivity index (χ4v) is 5.29. The third-order valence-electron chi connectivity index (χ3n) is 6.35. The number of methoxy groups -OCH3 is 1. The van der Waals surface area contributed by atoms with E-state index in [9.17, 15) is 5.11 Å². The van der Waals surface area contributed by atoms with Crippen molar-refractivity contribution >= 4 is 51.5 Å². The first-order chi connectivity index (χ1) is 18.9. The molecule has 0 aliphatic heterocycles. The van der Waals surface area contributed by atoms with Crippen LogP contribution in [-0.4, -0.2) is 65.8 Å². The van der Waals surface area contributed by atoms with E-state index < -0.39 is 0 Å². The molecule has 1 aromatic carbocycles. The van der Waals surface area contributed by atoms with Gasteiger partial charge >= 0.3 is 0 Å². The van der Waals surface area contributed by atoms with Crippen LogP contribution in [0.2, 0.25) is 0 Å². The largest absolute Gasteiger partial charge is 0.483 e. The van der Waals surface area contributed by atoms with Crippen molar-refractivity contribution in [2.75, 3.05) is 12.8 Å². The van der Waals surface area contributed by atoms with Crippen molar-refractivity contribution in [3.63, 3.8) is 0 Å². The van der Waals surface area contributed by atoms with Crippen molar-refractivity contribution in [2.45, 2.75) is 37.8 Å². The Morgan fingerprint density at radius 1 is 1.13 bits per heavy atom. The van der Waals surface area contributed by atoms with E-state index in [-0.39, 0.29) is 25.1 Å². The normalized spacial score (nSPS) is 16.6. The van der Waals surface area contributed by atoms with Crippen LogP contribution in [-0.2, 0) is 9.59 Å². The van der Waals surface area contributed by atoms with Gasteiger partial charge < -0.3 is 30.2 Å². The van der Waals surface area contributed by atoms with Crippen LogP contribution >= 0.6 is 11.5 Å². The van der Waals surface area contributed by atoms with Gasteiger partial charge in [-0.25, -0.2) is 4.98 Å². The molecule has 39 heavy (non-hydrogen) atoms. The summed E-state index contributed by atoms with van der Waals surface area (Å²) in [6.45, 7) is -0.500. The lowest BCUT2D eigenvalue weighted by Gasteiger charge is -2.25. The quantitative estimate of drug-likeness (QED) is 0.234. The number of nitrogens with two attached hydrogens (primary N) is 1. The maximum atomic E-state index is 9.86. The Hall–Kier alpha value is -4.56. The zero-order valence-electron chi connectivity index (χ0n) is 20.8. The Balaban J connectivity index is 0.000000541. The number of carbonyl (C=O) groups is 2. The topological polar surface area (TPSA) is 200 Å². The molecule has 1 aliphatic carbocycles. The molecule has 1 aliphatic rings. The number of aliphatic hydroxyl groups excluding tert-OH is 1. The summed E-state index contributed by atoms with van der Waals surface area (Å²) in [4.78, 5) is 21.1. The van der Waals surface area contributed by atoms with Gasteiger partial charge in [-0.2, -0.15) is 0 Å². The van der Waals surface area contributed by atoms with Crippen molar-refractivity contribution in [1.29, 1.82) is 0 Å². The highest BCUT2D eigenvalue weighted by Crippen LogP contribution is 2.42. The molecule has 0 amide bonds. The van der Waals surface area contributed by atoms with Crippen LogP contribution < -0.4 is 10.5 Å². The van der Waals surface area contributed by atoms with Gasteiger partial charge in [0.1, 0.15) is 11.3 Å². The van der Waals surface area contributed by atoms with E-state index in [1.807, 2.05) is 35.1 Å². The SMILES string of the molecule is COc1nn(C2CCC(O)CC2)cc1-c1cnc(N)c2oc(-c3cccc4nnsc34)cc12.O=CO.O=CO. The van der Waals surface area contributed by atoms with E-state index in [1.165, 1.54) is 11.5 Å². The number of ether oxygens (including phenoxy) is 1. The molecule has 0 spiro atoms. The zero-order chi connectivity index (χ0) is 27.9. The van der Waals surface area contributed by atoms with Crippen molar-refractivity contribution in [2.24, 2.45) is 0 Å². The summed E-state index contributed by atoms with van der Waals surface area (Å²) in [7, 11) is 1.61. The molecule has 4 heterocycles. The van der Waals surface area contributed by atoms with E-state index in [2.05, 4.69) is 14.6 Å². The zero-order valence-corrected chi connectivity index (χ0v) is 21.6. The molecular formula is C25H26N6O7S. The lowest BCUT2D eigenvalue weighted by Crippen LogP contribution is -2.21. The molecule has 0 radical (unpaired) electrons. The second-order valence-corrected chi connectivity index (χ2v) is 9.30. The Kier molecular flexibility index (Phi) is 8.68. The lowest BCUT2D eigenvalue weighted by atomic mass is 9.93. The Morgan fingerprint density at radius 2 is 1.85 bits per heavy atom. The number of aromatic nitrogens is 5. The van der Waals surface area contributed by atoms with Crippen molar-refractivity contribution in [3.8, 4) is 28.3 Å². The average molecular weight is 555 g/mol. The summed E-state index contributed by atoms with van der Waals surface area (Å²) >= 11 is 1.33. The molecule has 0 unspecified atom stereocenters. The van der Waals surface area contributed by atoms with Crippen LogP contribution in [0.5, 0.6) is 5.88 Å². The van der Waals surface area contributed by atoms with Gasteiger partial charge in [-0.3, -0.25) is 14.3 Å². The van der Waals surface area contributed by atoms with Crippen molar-refractivity contribution < 1.29 is 34.1 Å². The number of nitrogens with zero attached hydrogens (tertiary/aromatic N) is 5. The highest BCUT2D eigenvalue weighted by Gasteiger charge is 2.25. The van der Waals surface area contributed by atoms with E-state index in [1.54, 1.807) is 13.3 Å². The Bertz CT molecular complexity index is 1570. The fraction of sp³-hybridized carbons (Fsp3) is 0.280. The van der Waals surface area contributed by atoms with Gasteiger partial charge in [0.25, 0.3) is 12.9 Å². The molecule has 0 atom stereocenters. The second kappa shape index (κ2) is 12.3.